The Morgan fingerprint density at radius 3 is 2.44 bits per heavy atom. The lowest BCUT2D eigenvalue weighted by atomic mass is 9.80. The van der Waals surface area contributed by atoms with Gasteiger partial charge in [0.05, 0.1) is 29.0 Å². The van der Waals surface area contributed by atoms with Crippen LogP contribution in [0, 0.1) is 5.92 Å². The first-order chi connectivity index (χ1) is 17.4. The monoisotopic (exact) mass is 484 g/mol. The number of pyridine rings is 1. The van der Waals surface area contributed by atoms with Gasteiger partial charge in [0.25, 0.3) is 5.91 Å². The standard InChI is InChI=1S/C30H32N2O4/c1-19-13-23(15-22-9-5-4-6-10-22)29-25(14-19)28(24-11-7-8-12-26(24)31-29)30(34)35-18-27(33)32-16-20(2)36-21(3)17-32/h4-12,15,19-21H,13-14,16-18H2,1-3H3/b23-15-/t19-,20-,21-/m0/s1. The van der Waals surface area contributed by atoms with Crippen molar-refractivity contribution >= 4 is 34.4 Å². The van der Waals surface area contributed by atoms with Crippen molar-refractivity contribution in [2.45, 2.75) is 45.8 Å². The van der Waals surface area contributed by atoms with Crippen LogP contribution in [-0.4, -0.2) is 53.7 Å². The van der Waals surface area contributed by atoms with E-state index in [2.05, 4.69) is 25.1 Å². The number of ether oxygens (including phenoxy) is 2. The summed E-state index contributed by atoms with van der Waals surface area (Å²) in [5.41, 5.74) is 5.25. The Hall–Kier alpha value is -3.51. The Kier molecular flexibility index (Phi) is 6.88. The van der Waals surface area contributed by atoms with E-state index in [-0.39, 0.29) is 24.7 Å². The van der Waals surface area contributed by atoms with Gasteiger partial charge in [0, 0.05) is 18.5 Å². The molecule has 3 aromatic rings. The average molecular weight is 485 g/mol. The van der Waals surface area contributed by atoms with Crippen LogP contribution in [-0.2, 0) is 20.7 Å². The van der Waals surface area contributed by atoms with E-state index in [0.29, 0.717) is 24.6 Å². The van der Waals surface area contributed by atoms with Gasteiger partial charge in [-0.15, -0.1) is 0 Å². The molecule has 0 spiro atoms. The first-order valence-corrected chi connectivity index (χ1v) is 12.7. The van der Waals surface area contributed by atoms with Gasteiger partial charge in [0.1, 0.15) is 0 Å². The van der Waals surface area contributed by atoms with Crippen molar-refractivity contribution < 1.29 is 19.1 Å². The number of hydrogen-bond donors (Lipinski definition) is 0. The summed E-state index contributed by atoms with van der Waals surface area (Å²) in [5.74, 6) is -0.323. The molecule has 3 atom stereocenters. The number of esters is 1. The SMILES string of the molecule is C[C@H]1C/C(=C/c2ccccc2)c2nc3ccccc3c(C(=O)OCC(=O)N3C[C@H](C)O[C@@H](C)C3)c2C1. The highest BCUT2D eigenvalue weighted by Gasteiger charge is 2.30. The summed E-state index contributed by atoms with van der Waals surface area (Å²) in [4.78, 5) is 33.1. The number of benzene rings is 2. The lowest BCUT2D eigenvalue weighted by Crippen LogP contribution is -2.49. The minimum atomic E-state index is -0.472. The first-order valence-electron chi connectivity index (χ1n) is 12.7. The van der Waals surface area contributed by atoms with Crippen LogP contribution in [0.5, 0.6) is 0 Å². The number of amides is 1. The van der Waals surface area contributed by atoms with Crippen LogP contribution >= 0.6 is 0 Å². The maximum absolute atomic E-state index is 13.6. The number of rotatable bonds is 4. The van der Waals surface area contributed by atoms with Gasteiger partial charge in [-0.25, -0.2) is 9.78 Å². The Morgan fingerprint density at radius 2 is 1.69 bits per heavy atom. The Labute approximate surface area is 211 Å². The van der Waals surface area contributed by atoms with E-state index in [4.69, 9.17) is 14.5 Å². The van der Waals surface area contributed by atoms with Crippen LogP contribution in [0.15, 0.2) is 54.6 Å². The summed E-state index contributed by atoms with van der Waals surface area (Å²) in [7, 11) is 0. The lowest BCUT2D eigenvalue weighted by Gasteiger charge is -2.35. The molecule has 5 rings (SSSR count). The molecule has 2 heterocycles. The number of para-hydroxylation sites is 1. The van der Waals surface area contributed by atoms with Gasteiger partial charge >= 0.3 is 5.97 Å². The molecular formula is C30H32N2O4. The van der Waals surface area contributed by atoms with E-state index in [0.717, 1.165) is 46.1 Å². The van der Waals surface area contributed by atoms with E-state index in [1.54, 1.807) is 4.90 Å². The van der Waals surface area contributed by atoms with Crippen LogP contribution in [0.2, 0.25) is 0 Å². The van der Waals surface area contributed by atoms with Crippen molar-refractivity contribution in [1.82, 2.24) is 9.88 Å². The average Bonchev–Trinajstić information content (AvgIpc) is 2.86. The third-order valence-corrected chi connectivity index (χ3v) is 6.86. The highest BCUT2D eigenvalue weighted by molar-refractivity contribution is 6.07. The second kappa shape index (κ2) is 10.2. The summed E-state index contributed by atoms with van der Waals surface area (Å²) in [6.07, 6.45) is 3.70. The molecule has 2 aromatic carbocycles. The van der Waals surface area contributed by atoms with Crippen LogP contribution in [0.25, 0.3) is 22.6 Å². The molecule has 6 nitrogen and oxygen atoms in total. The van der Waals surface area contributed by atoms with Gasteiger partial charge in [0.15, 0.2) is 6.61 Å². The van der Waals surface area contributed by atoms with Gasteiger partial charge in [-0.1, -0.05) is 55.5 Å². The van der Waals surface area contributed by atoms with Crippen molar-refractivity contribution in [1.29, 1.82) is 0 Å². The zero-order valence-electron chi connectivity index (χ0n) is 21.1. The smallest absolute Gasteiger partial charge is 0.339 e. The molecule has 0 unspecified atom stereocenters. The number of morpholine rings is 1. The second-order valence-electron chi connectivity index (χ2n) is 10.1. The molecule has 6 heteroatoms. The molecule has 186 valence electrons. The summed E-state index contributed by atoms with van der Waals surface area (Å²) < 4.78 is 11.4. The molecule has 1 fully saturated rings. The van der Waals surface area contributed by atoms with Crippen LogP contribution in [0.3, 0.4) is 0 Å². The Bertz CT molecular complexity index is 1310. The van der Waals surface area contributed by atoms with Gasteiger partial charge in [-0.2, -0.15) is 0 Å². The van der Waals surface area contributed by atoms with E-state index in [1.807, 2.05) is 56.3 Å². The number of hydrogen-bond acceptors (Lipinski definition) is 5. The van der Waals surface area contributed by atoms with Crippen LogP contribution < -0.4 is 0 Å². The highest BCUT2D eigenvalue weighted by atomic mass is 16.5. The molecule has 0 bridgehead atoms. The number of allylic oxidation sites excluding steroid dienone is 1. The number of nitrogens with zero attached hydrogens (tertiary/aromatic N) is 2. The molecule has 1 amide bonds. The van der Waals surface area contributed by atoms with E-state index in [1.165, 1.54) is 0 Å². The fraction of sp³-hybridized carbons (Fsp3) is 0.367. The maximum atomic E-state index is 13.6. The van der Waals surface area contributed by atoms with Gasteiger partial charge < -0.3 is 14.4 Å². The fourth-order valence-corrected chi connectivity index (χ4v) is 5.39. The van der Waals surface area contributed by atoms with Crippen molar-refractivity contribution in [3.8, 4) is 0 Å². The quantitative estimate of drug-likeness (QED) is 0.479. The van der Waals surface area contributed by atoms with E-state index >= 15 is 0 Å². The topological polar surface area (TPSA) is 68.7 Å². The first kappa shape index (κ1) is 24.2. The Morgan fingerprint density at radius 1 is 1.00 bits per heavy atom. The molecule has 2 aliphatic rings. The minimum Gasteiger partial charge on any atom is -0.452 e. The van der Waals surface area contributed by atoms with Gasteiger partial charge in [-0.3, -0.25) is 4.79 Å². The predicted octanol–water partition coefficient (Wildman–Crippen LogP) is 5.15. The number of carbonyl (C=O) groups excluding carboxylic acids is 2. The predicted molar refractivity (Wildman–Crippen MR) is 140 cm³/mol. The third-order valence-electron chi connectivity index (χ3n) is 6.86. The van der Waals surface area contributed by atoms with Crippen LogP contribution in [0.1, 0.15) is 54.4 Å². The van der Waals surface area contributed by atoms with E-state index < -0.39 is 5.97 Å². The zero-order valence-corrected chi connectivity index (χ0v) is 21.1. The summed E-state index contributed by atoms with van der Waals surface area (Å²) in [5, 5.41) is 0.760. The molecular weight excluding hydrogens is 452 g/mol. The third kappa shape index (κ3) is 5.05. The maximum Gasteiger partial charge on any atom is 0.339 e. The van der Waals surface area contributed by atoms with Gasteiger partial charge in [0.2, 0.25) is 0 Å². The summed E-state index contributed by atoms with van der Waals surface area (Å²) >= 11 is 0. The normalized spacial score (nSPS) is 22.9. The van der Waals surface area contributed by atoms with Crippen molar-refractivity contribution in [2.24, 2.45) is 5.92 Å². The molecule has 1 saturated heterocycles. The molecule has 1 aromatic heterocycles. The van der Waals surface area contributed by atoms with Crippen molar-refractivity contribution in [3.63, 3.8) is 0 Å². The second-order valence-corrected chi connectivity index (χ2v) is 10.1. The Balaban J connectivity index is 1.49. The van der Waals surface area contributed by atoms with Gasteiger partial charge in [-0.05, 0) is 61.4 Å². The largest absolute Gasteiger partial charge is 0.452 e. The minimum absolute atomic E-state index is 0.0409. The molecule has 1 aliphatic heterocycles. The molecule has 0 radical (unpaired) electrons. The molecule has 0 N–H and O–H groups in total. The highest BCUT2D eigenvalue weighted by Crippen LogP contribution is 2.38. The van der Waals surface area contributed by atoms with Crippen LogP contribution in [0.4, 0.5) is 0 Å². The molecule has 36 heavy (non-hydrogen) atoms. The summed E-state index contributed by atoms with van der Waals surface area (Å²) in [6, 6.07) is 17.8. The fourth-order valence-electron chi connectivity index (χ4n) is 5.39. The zero-order chi connectivity index (χ0) is 25.2. The van der Waals surface area contributed by atoms with E-state index in [9.17, 15) is 9.59 Å². The van der Waals surface area contributed by atoms with Crippen molar-refractivity contribution in [2.75, 3.05) is 19.7 Å². The van der Waals surface area contributed by atoms with Crippen molar-refractivity contribution in [3.05, 3.63) is 77.0 Å². The number of fused-ring (bicyclic) bond motifs is 2. The molecule has 0 saturated carbocycles. The number of carbonyl (C=O) groups is 2. The number of aromatic nitrogens is 1. The molecule has 1 aliphatic carbocycles. The summed E-state index contributed by atoms with van der Waals surface area (Å²) in [6.45, 7) is 6.79. The lowest BCUT2D eigenvalue weighted by molar-refractivity contribution is -0.146.